The number of carbonyl (C=O) groups excluding carboxylic acids is 3. The summed E-state index contributed by atoms with van der Waals surface area (Å²) in [4.78, 5) is 51.2. The second-order valence-corrected chi connectivity index (χ2v) is 19.0. The second-order valence-electron chi connectivity index (χ2n) is 19.0. The van der Waals surface area contributed by atoms with Crippen LogP contribution in [-0.4, -0.2) is 114 Å². The van der Waals surface area contributed by atoms with E-state index in [1.165, 1.54) is 36.2 Å². The molecule has 0 radical (unpaired) electrons. The van der Waals surface area contributed by atoms with Crippen LogP contribution in [0.1, 0.15) is 94.7 Å². The normalized spacial score (nSPS) is 37.5. The number of methoxy groups -OCH3 is 1. The van der Waals surface area contributed by atoms with Gasteiger partial charge >= 0.3 is 11.9 Å². The van der Waals surface area contributed by atoms with E-state index in [-0.39, 0.29) is 17.5 Å². The number of aryl methyl sites for hydroxylation is 1. The van der Waals surface area contributed by atoms with Crippen LogP contribution in [0.15, 0.2) is 48.6 Å². The van der Waals surface area contributed by atoms with Gasteiger partial charge in [0.1, 0.15) is 0 Å². The molecule has 1 aromatic heterocycles. The quantitative estimate of drug-likeness (QED) is 0.226. The van der Waals surface area contributed by atoms with Crippen molar-refractivity contribution >= 4 is 34.4 Å². The number of hydrogen-bond donors (Lipinski definition) is 3. The van der Waals surface area contributed by atoms with Crippen molar-refractivity contribution in [2.24, 2.45) is 11.3 Å². The summed E-state index contributed by atoms with van der Waals surface area (Å²) in [6.07, 6.45) is 7.87. The number of aliphatic hydroxyl groups is 1. The summed E-state index contributed by atoms with van der Waals surface area (Å²) in [6, 6.07) is 12.5. The van der Waals surface area contributed by atoms with E-state index in [2.05, 4.69) is 101 Å². The highest BCUT2D eigenvalue weighted by Gasteiger charge is 2.80. The SMILES string of the molecule is CCC1(NC(C)=O)C[C@H]2CN(CCc3c([nH]c4ccccc34)[C@@](C)(c3cc4c(cc3C)N(C)[C@H]3[C@@](O)(C(=O)OC)[C@H](OC(C)=O)[C@]5(CC)C=CCN6CC[C@]43[C@@H]65)C2)C1. The average molecular weight is 792 g/mol. The number of piperidine rings is 1. The third-order valence-electron chi connectivity index (χ3n) is 15.9. The highest BCUT2D eigenvalue weighted by molar-refractivity contribution is 5.88. The average Bonchev–Trinajstić information content (AvgIpc) is 3.85. The fourth-order valence-electron chi connectivity index (χ4n) is 14.1. The molecule has 2 unspecified atom stereocenters. The number of nitrogens with one attached hydrogen (secondary N) is 2. The van der Waals surface area contributed by atoms with Gasteiger partial charge in [-0.05, 0) is 99.2 Å². The number of carbonyl (C=O) groups is 3. The molecule has 3 aromatic rings. The number of H-pyrrole nitrogens is 1. The number of aromatic amines is 1. The molecule has 1 aliphatic carbocycles. The molecule has 310 valence electrons. The van der Waals surface area contributed by atoms with E-state index in [1.54, 1.807) is 6.92 Å². The van der Waals surface area contributed by atoms with E-state index in [1.807, 2.05) is 7.05 Å². The molecule has 6 aliphatic rings. The van der Waals surface area contributed by atoms with Gasteiger partial charge in [-0.1, -0.05) is 50.3 Å². The van der Waals surface area contributed by atoms with Gasteiger partial charge in [-0.2, -0.15) is 0 Å². The Bertz CT molecular complexity index is 2230. The number of rotatable bonds is 6. The van der Waals surface area contributed by atoms with Gasteiger partial charge in [0.05, 0.1) is 18.7 Å². The van der Waals surface area contributed by atoms with Crippen molar-refractivity contribution < 1.29 is 29.0 Å². The summed E-state index contributed by atoms with van der Waals surface area (Å²) in [5.41, 5.74) is 3.72. The smallest absolute Gasteiger partial charge is 0.344 e. The van der Waals surface area contributed by atoms with Gasteiger partial charge < -0.3 is 34.7 Å². The number of para-hydroxylation sites is 1. The number of hydrogen-bond acceptors (Lipinski definition) is 9. The minimum Gasteiger partial charge on any atom is -0.467 e. The molecule has 1 amide bonds. The molecule has 9 rings (SSSR count). The van der Waals surface area contributed by atoms with E-state index in [9.17, 15) is 19.5 Å². The largest absolute Gasteiger partial charge is 0.467 e. The van der Waals surface area contributed by atoms with E-state index < -0.39 is 45.9 Å². The number of benzene rings is 2. The van der Waals surface area contributed by atoms with Crippen LogP contribution in [0.25, 0.3) is 10.9 Å². The molecule has 5 aliphatic heterocycles. The standard InChI is InChI=1S/C47H61N5O6/c1-9-44(49-29(4)53)25-31-24-43(6,38-33(16-20-51(26-31)27-44)32-14-11-12-15-36(32)48-38)34-23-35-37(22-28(34)3)50(7)40-46(35)18-21-52-19-13-17-45(10-2,39(46)52)41(58-30(5)54)47(40,56)42(55)57-8/h11-15,17,22-23,31,39-41,48,56H,9-10,16,18-21,24-27H2,1-8H3,(H,49,53)/t31-,39-,40+,41+,43+,44?,45+,46+,47-/m0/s1. The van der Waals surface area contributed by atoms with Crippen molar-refractivity contribution in [3.05, 3.63) is 76.5 Å². The first-order valence-electron chi connectivity index (χ1n) is 21.5. The van der Waals surface area contributed by atoms with Crippen LogP contribution in [0.3, 0.4) is 0 Å². The van der Waals surface area contributed by atoms with Crippen LogP contribution in [0.2, 0.25) is 0 Å². The number of amides is 1. The first kappa shape index (κ1) is 39.3. The summed E-state index contributed by atoms with van der Waals surface area (Å²) in [5.74, 6) is -1.01. The zero-order chi connectivity index (χ0) is 41.2. The second kappa shape index (κ2) is 13.4. The number of nitrogens with zero attached hydrogens (tertiary/aromatic N) is 3. The van der Waals surface area contributed by atoms with Crippen molar-refractivity contribution in [1.29, 1.82) is 0 Å². The molecule has 2 bridgehead atoms. The van der Waals surface area contributed by atoms with E-state index in [0.717, 1.165) is 87.2 Å². The highest BCUT2D eigenvalue weighted by Crippen LogP contribution is 2.68. The predicted molar refractivity (Wildman–Crippen MR) is 224 cm³/mol. The Balaban J connectivity index is 1.29. The Morgan fingerprint density at radius 2 is 1.81 bits per heavy atom. The Labute approximate surface area is 342 Å². The maximum Gasteiger partial charge on any atom is 0.344 e. The molecule has 11 heteroatoms. The van der Waals surface area contributed by atoms with Gasteiger partial charge in [-0.25, -0.2) is 4.79 Å². The summed E-state index contributed by atoms with van der Waals surface area (Å²) in [6.45, 7) is 16.1. The molecule has 3 N–H and O–H groups in total. The van der Waals surface area contributed by atoms with E-state index >= 15 is 0 Å². The van der Waals surface area contributed by atoms with Gasteiger partial charge in [-0.3, -0.25) is 14.5 Å². The fraction of sp³-hybridized carbons (Fsp3) is 0.596. The minimum absolute atomic E-state index is 0.0188. The van der Waals surface area contributed by atoms with Crippen LogP contribution in [0, 0.1) is 18.3 Å². The van der Waals surface area contributed by atoms with Crippen LogP contribution >= 0.6 is 0 Å². The summed E-state index contributed by atoms with van der Waals surface area (Å²) in [5, 5.41) is 18.0. The zero-order valence-corrected chi connectivity index (χ0v) is 35.5. The molecule has 11 nitrogen and oxygen atoms in total. The van der Waals surface area contributed by atoms with E-state index in [0.29, 0.717) is 12.3 Å². The lowest BCUT2D eigenvalue weighted by atomic mass is 9.47. The molecule has 2 saturated heterocycles. The molecule has 10 atom stereocenters. The number of ether oxygens (including phenoxy) is 2. The third kappa shape index (κ3) is 5.17. The highest BCUT2D eigenvalue weighted by atomic mass is 16.6. The minimum atomic E-state index is -2.17. The molecule has 2 aromatic carbocycles. The number of esters is 2. The van der Waals surface area contributed by atoms with Gasteiger partial charge in [0, 0.05) is 91.6 Å². The molecule has 58 heavy (non-hydrogen) atoms. The Kier molecular flexibility index (Phi) is 9.08. The monoisotopic (exact) mass is 791 g/mol. The van der Waals surface area contributed by atoms with Crippen molar-refractivity contribution in [2.45, 2.75) is 120 Å². The van der Waals surface area contributed by atoms with Crippen molar-refractivity contribution in [3.63, 3.8) is 0 Å². The van der Waals surface area contributed by atoms with Crippen molar-refractivity contribution in [3.8, 4) is 0 Å². The summed E-state index contributed by atoms with van der Waals surface area (Å²) >= 11 is 0. The van der Waals surface area contributed by atoms with Crippen LogP contribution in [0.5, 0.6) is 0 Å². The molecular formula is C47H61N5O6. The first-order chi connectivity index (χ1) is 27.6. The maximum absolute atomic E-state index is 14.4. The summed E-state index contributed by atoms with van der Waals surface area (Å²) < 4.78 is 11.7. The van der Waals surface area contributed by atoms with Crippen LogP contribution < -0.4 is 10.2 Å². The van der Waals surface area contributed by atoms with E-state index in [4.69, 9.17) is 9.47 Å². The lowest BCUT2D eigenvalue weighted by Gasteiger charge is -2.63. The van der Waals surface area contributed by atoms with Crippen molar-refractivity contribution in [2.75, 3.05) is 51.8 Å². The topological polar surface area (TPSA) is 127 Å². The fourth-order valence-corrected chi connectivity index (χ4v) is 14.1. The van der Waals surface area contributed by atoms with Crippen LogP contribution in [0.4, 0.5) is 5.69 Å². The molecule has 1 saturated carbocycles. The Hall–Kier alpha value is -4.19. The van der Waals surface area contributed by atoms with Gasteiger partial charge in [-0.15, -0.1) is 0 Å². The molecule has 6 heterocycles. The van der Waals surface area contributed by atoms with Gasteiger partial charge in [0.15, 0.2) is 6.10 Å². The zero-order valence-electron chi connectivity index (χ0n) is 35.5. The van der Waals surface area contributed by atoms with Gasteiger partial charge in [0.25, 0.3) is 0 Å². The van der Waals surface area contributed by atoms with Crippen LogP contribution in [-0.2, 0) is 41.1 Å². The van der Waals surface area contributed by atoms with Crippen molar-refractivity contribution in [1.82, 2.24) is 20.1 Å². The molecule has 3 fully saturated rings. The number of likely N-dealkylation sites (N-methyl/N-ethyl adjacent to an activating group) is 1. The summed E-state index contributed by atoms with van der Waals surface area (Å²) in [7, 11) is 3.29. The van der Waals surface area contributed by atoms with Gasteiger partial charge in [0.2, 0.25) is 11.5 Å². The number of fused-ring (bicyclic) bond motifs is 6. The first-order valence-corrected chi connectivity index (χ1v) is 21.5. The molecule has 1 spiro atoms. The Morgan fingerprint density at radius 3 is 2.52 bits per heavy atom. The lowest BCUT2D eigenvalue weighted by molar-refractivity contribution is -0.228. The lowest BCUT2D eigenvalue weighted by Crippen LogP contribution is -2.81. The number of aromatic nitrogens is 1. The third-order valence-corrected chi connectivity index (χ3v) is 15.9. The number of anilines is 1. The maximum atomic E-state index is 14.4. The predicted octanol–water partition coefficient (Wildman–Crippen LogP) is 5.28. The molecular weight excluding hydrogens is 731 g/mol. The Morgan fingerprint density at radius 1 is 1.03 bits per heavy atom.